The molecule has 25 heavy (non-hydrogen) atoms. The molecule has 2 fully saturated rings. The second kappa shape index (κ2) is 6.48. The van der Waals surface area contributed by atoms with Crippen LogP contribution in [0, 0.1) is 5.92 Å². The van der Waals surface area contributed by atoms with Gasteiger partial charge in [0, 0.05) is 31.8 Å². The van der Waals surface area contributed by atoms with E-state index in [1.165, 1.54) is 0 Å². The number of anilines is 1. The van der Waals surface area contributed by atoms with Crippen LogP contribution in [0.5, 0.6) is 0 Å². The normalized spacial score (nSPS) is 24.2. The number of nitrogens with two attached hydrogens (primary N) is 1. The standard InChI is InChI=1S/C18H22N4O3/c23-16-15-11-21(17(24)12-5-7-19-8-6-12)9-10-22(15)18(25)13-3-1-2-4-14(13)20-16/h1-4,12,15,19H,5-11H2,(H,20,23)/p+1/t15-/m1/s1. The lowest BCUT2D eigenvalue weighted by Gasteiger charge is -2.40. The third-order valence-electron chi connectivity index (χ3n) is 5.46. The van der Waals surface area contributed by atoms with Crippen molar-refractivity contribution in [3.8, 4) is 0 Å². The molecule has 0 radical (unpaired) electrons. The average Bonchev–Trinajstić information content (AvgIpc) is 2.77. The number of rotatable bonds is 1. The predicted molar refractivity (Wildman–Crippen MR) is 90.9 cm³/mol. The molecule has 0 aromatic heterocycles. The van der Waals surface area contributed by atoms with Gasteiger partial charge >= 0.3 is 0 Å². The summed E-state index contributed by atoms with van der Waals surface area (Å²) in [7, 11) is 0. The lowest BCUT2D eigenvalue weighted by atomic mass is 9.95. The largest absolute Gasteiger partial charge is 0.346 e. The maximum absolute atomic E-state index is 12.8. The molecule has 0 bridgehead atoms. The molecule has 7 heteroatoms. The fraction of sp³-hybridized carbons (Fsp3) is 0.500. The van der Waals surface area contributed by atoms with E-state index in [1.807, 2.05) is 0 Å². The van der Waals surface area contributed by atoms with Gasteiger partial charge < -0.3 is 20.4 Å². The van der Waals surface area contributed by atoms with Crippen LogP contribution >= 0.6 is 0 Å². The number of piperazine rings is 1. The summed E-state index contributed by atoms with van der Waals surface area (Å²) in [5.74, 6) is -0.167. The first-order chi connectivity index (χ1) is 12.1. The fourth-order valence-corrected chi connectivity index (χ4v) is 4.03. The highest BCUT2D eigenvalue weighted by atomic mass is 16.2. The Labute approximate surface area is 146 Å². The van der Waals surface area contributed by atoms with Gasteiger partial charge in [0.2, 0.25) is 11.8 Å². The molecule has 3 aliphatic rings. The van der Waals surface area contributed by atoms with Crippen molar-refractivity contribution in [1.29, 1.82) is 0 Å². The topological polar surface area (TPSA) is 86.3 Å². The Hall–Kier alpha value is -2.41. The summed E-state index contributed by atoms with van der Waals surface area (Å²) in [5, 5.41) is 5.08. The number of carbonyl (C=O) groups excluding carboxylic acids is 3. The first-order valence-corrected chi connectivity index (χ1v) is 8.96. The molecule has 3 N–H and O–H groups in total. The third kappa shape index (κ3) is 2.89. The van der Waals surface area contributed by atoms with Crippen molar-refractivity contribution >= 4 is 23.4 Å². The molecule has 1 atom stereocenters. The maximum atomic E-state index is 12.8. The van der Waals surface area contributed by atoms with Gasteiger partial charge in [-0.3, -0.25) is 14.4 Å². The molecular weight excluding hydrogens is 320 g/mol. The summed E-state index contributed by atoms with van der Waals surface area (Å²) in [6.07, 6.45) is 1.78. The number of nitrogens with one attached hydrogen (secondary N) is 1. The number of hydrogen-bond acceptors (Lipinski definition) is 3. The van der Waals surface area contributed by atoms with Crippen LogP contribution in [-0.2, 0) is 9.59 Å². The molecule has 0 saturated carbocycles. The molecule has 1 aromatic carbocycles. The molecule has 2 saturated heterocycles. The summed E-state index contributed by atoms with van der Waals surface area (Å²) in [6.45, 7) is 3.14. The smallest absolute Gasteiger partial charge is 0.256 e. The molecule has 0 aliphatic carbocycles. The molecule has 7 nitrogen and oxygen atoms in total. The molecule has 3 amide bonds. The van der Waals surface area contributed by atoms with Crippen LogP contribution in [0.25, 0.3) is 0 Å². The summed E-state index contributed by atoms with van der Waals surface area (Å²) >= 11 is 0. The van der Waals surface area contributed by atoms with E-state index in [0.29, 0.717) is 24.3 Å². The van der Waals surface area contributed by atoms with Crippen molar-refractivity contribution in [2.24, 2.45) is 5.92 Å². The molecule has 0 unspecified atom stereocenters. The van der Waals surface area contributed by atoms with E-state index >= 15 is 0 Å². The maximum Gasteiger partial charge on any atom is 0.256 e. The highest BCUT2D eigenvalue weighted by molar-refractivity contribution is 6.10. The van der Waals surface area contributed by atoms with Crippen molar-refractivity contribution < 1.29 is 19.7 Å². The van der Waals surface area contributed by atoms with Gasteiger partial charge in [-0.25, -0.2) is 0 Å². The van der Waals surface area contributed by atoms with E-state index in [-0.39, 0.29) is 30.2 Å². The van der Waals surface area contributed by atoms with Crippen LogP contribution in [0.15, 0.2) is 24.3 Å². The van der Waals surface area contributed by atoms with Gasteiger partial charge in [0.05, 0.1) is 30.9 Å². The molecule has 3 heterocycles. The first-order valence-electron chi connectivity index (χ1n) is 8.96. The third-order valence-corrected chi connectivity index (χ3v) is 5.46. The Morgan fingerprint density at radius 2 is 1.88 bits per heavy atom. The van der Waals surface area contributed by atoms with Crippen LogP contribution < -0.4 is 10.6 Å². The number of benzene rings is 1. The average molecular weight is 343 g/mol. The minimum absolute atomic E-state index is 0.0540. The molecule has 3 aliphatic heterocycles. The van der Waals surface area contributed by atoms with Crippen molar-refractivity contribution in [3.05, 3.63) is 29.8 Å². The minimum atomic E-state index is -0.618. The summed E-state index contributed by atoms with van der Waals surface area (Å²) in [4.78, 5) is 41.7. The number of para-hydroxylation sites is 1. The Balaban J connectivity index is 1.54. The van der Waals surface area contributed by atoms with Gasteiger partial charge in [-0.05, 0) is 12.1 Å². The monoisotopic (exact) mass is 343 g/mol. The van der Waals surface area contributed by atoms with Gasteiger partial charge in [-0.15, -0.1) is 0 Å². The SMILES string of the molecule is O=C1Nc2ccccc2C(=O)N2CCN(C(=O)C3CC[NH2+]CC3)C[C@H]12. The van der Waals surface area contributed by atoms with E-state index < -0.39 is 6.04 Å². The lowest BCUT2D eigenvalue weighted by Crippen LogP contribution is -2.86. The summed E-state index contributed by atoms with van der Waals surface area (Å²) in [6, 6.07) is 6.45. The minimum Gasteiger partial charge on any atom is -0.346 e. The Bertz CT molecular complexity index is 714. The quantitative estimate of drug-likeness (QED) is 0.705. The Kier molecular flexibility index (Phi) is 4.17. The summed E-state index contributed by atoms with van der Waals surface area (Å²) in [5.41, 5.74) is 1.06. The van der Waals surface area contributed by atoms with E-state index in [0.717, 1.165) is 25.9 Å². The zero-order valence-electron chi connectivity index (χ0n) is 14.1. The molecule has 0 spiro atoms. The van der Waals surface area contributed by atoms with Crippen LogP contribution in [0.2, 0.25) is 0 Å². The first kappa shape index (κ1) is 16.1. The Morgan fingerprint density at radius 1 is 1.12 bits per heavy atom. The highest BCUT2D eigenvalue weighted by Crippen LogP contribution is 2.26. The number of piperidine rings is 1. The molecule has 132 valence electrons. The van der Waals surface area contributed by atoms with Gasteiger partial charge in [0.1, 0.15) is 6.04 Å². The van der Waals surface area contributed by atoms with Crippen LogP contribution in [-0.4, -0.2) is 66.3 Å². The number of amides is 3. The Morgan fingerprint density at radius 3 is 2.68 bits per heavy atom. The number of hydrogen-bond donors (Lipinski definition) is 2. The summed E-state index contributed by atoms with van der Waals surface area (Å²) < 4.78 is 0. The number of carbonyl (C=O) groups is 3. The molecule has 4 rings (SSSR count). The van der Waals surface area contributed by atoms with E-state index in [4.69, 9.17) is 0 Å². The van der Waals surface area contributed by atoms with E-state index in [9.17, 15) is 14.4 Å². The van der Waals surface area contributed by atoms with Crippen molar-refractivity contribution in [1.82, 2.24) is 9.80 Å². The van der Waals surface area contributed by atoms with Crippen molar-refractivity contribution in [2.75, 3.05) is 38.0 Å². The van der Waals surface area contributed by atoms with Crippen molar-refractivity contribution in [2.45, 2.75) is 18.9 Å². The van der Waals surface area contributed by atoms with Gasteiger partial charge in [0.15, 0.2) is 0 Å². The zero-order chi connectivity index (χ0) is 17.4. The van der Waals surface area contributed by atoms with Gasteiger partial charge in [-0.1, -0.05) is 12.1 Å². The zero-order valence-corrected chi connectivity index (χ0v) is 14.1. The van der Waals surface area contributed by atoms with Gasteiger partial charge in [-0.2, -0.15) is 0 Å². The fourth-order valence-electron chi connectivity index (χ4n) is 4.03. The number of fused-ring (bicyclic) bond motifs is 2. The second-order valence-electron chi connectivity index (χ2n) is 6.97. The van der Waals surface area contributed by atoms with Crippen LogP contribution in [0.1, 0.15) is 23.2 Å². The molecular formula is C18H23N4O3+. The van der Waals surface area contributed by atoms with E-state index in [1.54, 1.807) is 34.1 Å². The highest BCUT2D eigenvalue weighted by Gasteiger charge is 2.41. The predicted octanol–water partition coefficient (Wildman–Crippen LogP) is -0.735. The van der Waals surface area contributed by atoms with Gasteiger partial charge in [0.25, 0.3) is 5.91 Å². The lowest BCUT2D eigenvalue weighted by molar-refractivity contribution is -0.664. The van der Waals surface area contributed by atoms with Crippen LogP contribution in [0.3, 0.4) is 0 Å². The van der Waals surface area contributed by atoms with Crippen LogP contribution in [0.4, 0.5) is 5.69 Å². The second-order valence-corrected chi connectivity index (χ2v) is 6.97. The molecule has 1 aromatic rings. The van der Waals surface area contributed by atoms with E-state index in [2.05, 4.69) is 10.6 Å². The number of nitrogens with zero attached hydrogens (tertiary/aromatic N) is 2. The number of quaternary nitrogens is 1. The van der Waals surface area contributed by atoms with Crippen molar-refractivity contribution in [3.63, 3.8) is 0 Å².